The van der Waals surface area contributed by atoms with Crippen molar-refractivity contribution in [3.8, 4) is 11.1 Å². The molecule has 0 radical (unpaired) electrons. The van der Waals surface area contributed by atoms with Crippen molar-refractivity contribution in [2.45, 2.75) is 19.3 Å². The lowest BCUT2D eigenvalue weighted by Gasteiger charge is -2.28. The van der Waals surface area contributed by atoms with E-state index >= 15 is 0 Å². The first kappa shape index (κ1) is 25.9. The Morgan fingerprint density at radius 3 is 1.98 bits per heavy atom. The summed E-state index contributed by atoms with van der Waals surface area (Å²) < 4.78 is 0. The number of anilines is 4. The van der Waals surface area contributed by atoms with E-state index < -0.39 is 0 Å². The Hall–Kier alpha value is -5.08. The topological polar surface area (TPSA) is 6.48 Å². The predicted molar refractivity (Wildman–Crippen MR) is 180 cm³/mol. The average Bonchev–Trinajstić information content (AvgIpc) is 3.28. The standard InChI is InChI=1S/C40H34N2/c1-41(36-15-3-2-4-16-36)37-23-18-32(19-24-37)33-20-25-38(26-21-33)42(40-27-22-31-11-6-8-13-35(31)29-40)39-17-9-14-30-10-5-7-12-34(30)28-39/h2-5,7-10,12-13,15-29H,6,11,14H2,1H3. The van der Waals surface area contributed by atoms with E-state index in [0.717, 1.165) is 24.9 Å². The molecule has 0 N–H and O–H groups in total. The van der Waals surface area contributed by atoms with Crippen LogP contribution in [0.25, 0.3) is 23.3 Å². The lowest BCUT2D eigenvalue weighted by molar-refractivity contribution is 0.984. The van der Waals surface area contributed by atoms with Gasteiger partial charge < -0.3 is 9.80 Å². The number of hydrogen-bond acceptors (Lipinski definition) is 2. The summed E-state index contributed by atoms with van der Waals surface area (Å²) in [6.45, 7) is 0. The Labute approximate surface area is 249 Å². The minimum atomic E-state index is 0.936. The van der Waals surface area contributed by atoms with Crippen LogP contribution in [0.4, 0.5) is 22.7 Å². The van der Waals surface area contributed by atoms with E-state index in [9.17, 15) is 0 Å². The molecule has 0 atom stereocenters. The van der Waals surface area contributed by atoms with Crippen LogP contribution < -0.4 is 9.80 Å². The molecule has 2 aliphatic carbocycles. The zero-order valence-electron chi connectivity index (χ0n) is 23.9. The third-order valence-corrected chi connectivity index (χ3v) is 8.37. The van der Waals surface area contributed by atoms with Crippen LogP contribution in [-0.2, 0) is 12.8 Å². The van der Waals surface area contributed by atoms with Crippen molar-refractivity contribution < 1.29 is 0 Å². The first-order chi connectivity index (χ1) is 20.7. The summed E-state index contributed by atoms with van der Waals surface area (Å²) in [4.78, 5) is 4.60. The molecule has 2 nitrogen and oxygen atoms in total. The fourth-order valence-electron chi connectivity index (χ4n) is 6.00. The summed E-state index contributed by atoms with van der Waals surface area (Å²) in [5, 5.41) is 0. The lowest BCUT2D eigenvalue weighted by Crippen LogP contribution is -2.15. The number of benzene rings is 5. The molecule has 0 unspecified atom stereocenters. The molecular weight excluding hydrogens is 508 g/mol. The molecule has 0 saturated heterocycles. The zero-order chi connectivity index (χ0) is 28.3. The van der Waals surface area contributed by atoms with Gasteiger partial charge in [0.1, 0.15) is 0 Å². The van der Waals surface area contributed by atoms with E-state index in [-0.39, 0.29) is 0 Å². The molecule has 5 aromatic rings. The van der Waals surface area contributed by atoms with Gasteiger partial charge in [0.25, 0.3) is 0 Å². The molecule has 0 heterocycles. The molecule has 204 valence electrons. The Bertz CT molecular complexity index is 1790. The van der Waals surface area contributed by atoms with Gasteiger partial charge in [0.15, 0.2) is 0 Å². The number of nitrogens with zero attached hydrogens (tertiary/aromatic N) is 2. The molecule has 0 bridgehead atoms. The molecule has 0 aliphatic heterocycles. The van der Waals surface area contributed by atoms with E-state index in [0.29, 0.717) is 0 Å². The number of allylic oxidation sites excluding steroid dienone is 3. The van der Waals surface area contributed by atoms with Crippen molar-refractivity contribution >= 4 is 34.9 Å². The van der Waals surface area contributed by atoms with Gasteiger partial charge in [-0.2, -0.15) is 0 Å². The quantitative estimate of drug-likeness (QED) is 0.211. The second-order valence-electron chi connectivity index (χ2n) is 11.0. The molecular formula is C40H34N2. The van der Waals surface area contributed by atoms with Gasteiger partial charge in [-0.25, -0.2) is 0 Å². The first-order valence-electron chi connectivity index (χ1n) is 14.8. The average molecular weight is 543 g/mol. The van der Waals surface area contributed by atoms with Crippen LogP contribution >= 0.6 is 0 Å². The molecule has 2 heteroatoms. The molecule has 0 saturated carbocycles. The smallest absolute Gasteiger partial charge is 0.0467 e. The number of hydrogen-bond donors (Lipinski definition) is 0. The third-order valence-electron chi connectivity index (χ3n) is 8.37. The van der Waals surface area contributed by atoms with E-state index in [1.807, 2.05) is 0 Å². The van der Waals surface area contributed by atoms with Gasteiger partial charge in [0.05, 0.1) is 0 Å². The molecule has 0 aromatic heterocycles. The maximum absolute atomic E-state index is 2.39. The maximum atomic E-state index is 2.39. The summed E-state index contributed by atoms with van der Waals surface area (Å²) in [6.07, 6.45) is 14.6. The highest BCUT2D eigenvalue weighted by Gasteiger charge is 2.17. The molecule has 2 aliphatic rings. The second kappa shape index (κ2) is 11.4. The monoisotopic (exact) mass is 542 g/mol. The van der Waals surface area contributed by atoms with Gasteiger partial charge in [0.2, 0.25) is 0 Å². The van der Waals surface area contributed by atoms with Gasteiger partial charge in [-0.1, -0.05) is 91.0 Å². The summed E-state index contributed by atoms with van der Waals surface area (Å²) in [6, 6.07) is 43.9. The molecule has 42 heavy (non-hydrogen) atoms. The fraction of sp³-hybridized carbons (Fsp3) is 0.100. The highest BCUT2D eigenvalue weighted by atomic mass is 15.1. The van der Waals surface area contributed by atoms with Gasteiger partial charge >= 0.3 is 0 Å². The van der Waals surface area contributed by atoms with E-state index in [1.54, 1.807) is 0 Å². The summed E-state index contributed by atoms with van der Waals surface area (Å²) in [7, 11) is 2.11. The number of aryl methyl sites for hydroxylation is 1. The van der Waals surface area contributed by atoms with Crippen molar-refractivity contribution in [1.29, 1.82) is 0 Å². The third kappa shape index (κ3) is 5.20. The SMILES string of the molecule is CN(c1ccccc1)c1ccc(-c2ccc(N(C3=Cc4ccccc4CC=C3)c3ccc4c(c3)C=CCC4)cc2)cc1. The van der Waals surface area contributed by atoms with Crippen molar-refractivity contribution in [2.24, 2.45) is 0 Å². The Morgan fingerprint density at radius 2 is 1.19 bits per heavy atom. The predicted octanol–water partition coefficient (Wildman–Crippen LogP) is 10.4. The highest BCUT2D eigenvalue weighted by molar-refractivity contribution is 5.80. The van der Waals surface area contributed by atoms with Gasteiger partial charge in [-0.05, 0) is 113 Å². The molecule has 5 aromatic carbocycles. The lowest BCUT2D eigenvalue weighted by atomic mass is 9.96. The number of rotatable bonds is 6. The number of para-hydroxylation sites is 1. The maximum Gasteiger partial charge on any atom is 0.0467 e. The van der Waals surface area contributed by atoms with Crippen LogP contribution in [0.3, 0.4) is 0 Å². The van der Waals surface area contributed by atoms with Gasteiger partial charge in [0, 0.05) is 35.5 Å². The van der Waals surface area contributed by atoms with E-state index in [4.69, 9.17) is 0 Å². The summed E-state index contributed by atoms with van der Waals surface area (Å²) in [5.74, 6) is 0. The van der Waals surface area contributed by atoms with Crippen LogP contribution in [0.1, 0.15) is 28.7 Å². The van der Waals surface area contributed by atoms with Crippen molar-refractivity contribution in [3.05, 3.63) is 168 Å². The van der Waals surface area contributed by atoms with E-state index in [2.05, 4.69) is 169 Å². The zero-order valence-corrected chi connectivity index (χ0v) is 23.9. The van der Waals surface area contributed by atoms with Crippen LogP contribution in [0, 0.1) is 0 Å². The Balaban J connectivity index is 1.23. The molecule has 0 amide bonds. The van der Waals surface area contributed by atoms with Crippen molar-refractivity contribution in [2.75, 3.05) is 16.8 Å². The fourth-order valence-corrected chi connectivity index (χ4v) is 6.00. The van der Waals surface area contributed by atoms with Crippen molar-refractivity contribution in [3.63, 3.8) is 0 Å². The van der Waals surface area contributed by atoms with Gasteiger partial charge in [-0.3, -0.25) is 0 Å². The molecule has 7 rings (SSSR count). The van der Waals surface area contributed by atoms with E-state index in [1.165, 1.54) is 56.1 Å². The summed E-state index contributed by atoms with van der Waals surface area (Å²) in [5.41, 5.74) is 13.6. The Kier molecular flexibility index (Phi) is 7.03. The highest BCUT2D eigenvalue weighted by Crippen LogP contribution is 2.37. The van der Waals surface area contributed by atoms with Crippen LogP contribution in [0.2, 0.25) is 0 Å². The van der Waals surface area contributed by atoms with Crippen molar-refractivity contribution in [1.82, 2.24) is 0 Å². The minimum Gasteiger partial charge on any atom is -0.345 e. The second-order valence-corrected chi connectivity index (χ2v) is 11.0. The molecule has 0 spiro atoms. The molecule has 0 fully saturated rings. The minimum absolute atomic E-state index is 0.936. The van der Waals surface area contributed by atoms with Crippen LogP contribution in [-0.4, -0.2) is 7.05 Å². The Morgan fingerprint density at radius 1 is 0.524 bits per heavy atom. The van der Waals surface area contributed by atoms with Crippen LogP contribution in [0.5, 0.6) is 0 Å². The first-order valence-corrected chi connectivity index (χ1v) is 14.8. The normalized spacial score (nSPS) is 13.5. The number of fused-ring (bicyclic) bond motifs is 2. The largest absolute Gasteiger partial charge is 0.345 e. The summed E-state index contributed by atoms with van der Waals surface area (Å²) >= 11 is 0. The van der Waals surface area contributed by atoms with Gasteiger partial charge in [-0.15, -0.1) is 0 Å². The van der Waals surface area contributed by atoms with Crippen LogP contribution in [0.15, 0.2) is 145 Å².